The van der Waals surface area contributed by atoms with Gasteiger partial charge in [0.25, 0.3) is 0 Å². The van der Waals surface area contributed by atoms with Gasteiger partial charge in [-0.3, -0.25) is 4.79 Å². The number of amides is 1. The molecule has 0 aliphatic carbocycles. The van der Waals surface area contributed by atoms with Crippen LogP contribution in [0.1, 0.15) is 38.7 Å². The number of carbonyl (C=O) groups excluding carboxylic acids is 1. The summed E-state index contributed by atoms with van der Waals surface area (Å²) in [6.45, 7) is 5.24. The Kier molecular flexibility index (Phi) is 6.09. The molecule has 1 heterocycles. The molecule has 0 saturated heterocycles. The maximum Gasteiger partial charge on any atom is 0.222 e. The van der Waals surface area contributed by atoms with E-state index in [1.165, 1.54) is 0 Å². The Morgan fingerprint density at radius 3 is 2.77 bits per heavy atom. The van der Waals surface area contributed by atoms with Crippen molar-refractivity contribution in [2.75, 3.05) is 13.1 Å². The largest absolute Gasteiger partial charge is 0.390 e. The SMILES string of the molecule is CCCN(CC1CC(c2ccc(Cl)c(Cl)c2)=NO1)C(=O)CC. The van der Waals surface area contributed by atoms with Gasteiger partial charge in [-0.2, -0.15) is 0 Å². The van der Waals surface area contributed by atoms with Crippen LogP contribution in [0.5, 0.6) is 0 Å². The summed E-state index contributed by atoms with van der Waals surface area (Å²) in [7, 11) is 0. The van der Waals surface area contributed by atoms with Crippen LogP contribution < -0.4 is 0 Å². The number of halogens is 2. The summed E-state index contributed by atoms with van der Waals surface area (Å²) >= 11 is 12.0. The molecule has 1 aliphatic rings. The predicted octanol–water partition coefficient (Wildman–Crippen LogP) is 4.14. The minimum absolute atomic E-state index is 0.105. The molecule has 1 unspecified atom stereocenters. The summed E-state index contributed by atoms with van der Waals surface area (Å²) in [5.74, 6) is 0.147. The topological polar surface area (TPSA) is 41.9 Å². The maximum absolute atomic E-state index is 11.9. The number of carbonyl (C=O) groups is 1. The second kappa shape index (κ2) is 7.84. The highest BCUT2D eigenvalue weighted by Crippen LogP contribution is 2.25. The molecule has 2 rings (SSSR count). The Balaban J connectivity index is 1.98. The van der Waals surface area contributed by atoms with Gasteiger partial charge in [-0.25, -0.2) is 0 Å². The zero-order valence-electron chi connectivity index (χ0n) is 12.8. The van der Waals surface area contributed by atoms with Crippen molar-refractivity contribution in [2.45, 2.75) is 39.2 Å². The molecule has 1 aromatic carbocycles. The first-order chi connectivity index (χ1) is 10.5. The van der Waals surface area contributed by atoms with Crippen molar-refractivity contribution >= 4 is 34.8 Å². The number of hydrogen-bond donors (Lipinski definition) is 0. The molecule has 0 saturated carbocycles. The molecule has 0 N–H and O–H groups in total. The van der Waals surface area contributed by atoms with Gasteiger partial charge < -0.3 is 9.74 Å². The van der Waals surface area contributed by atoms with Crippen LogP contribution in [0.25, 0.3) is 0 Å². The zero-order valence-corrected chi connectivity index (χ0v) is 14.3. The van der Waals surface area contributed by atoms with Gasteiger partial charge in [-0.1, -0.05) is 48.3 Å². The van der Waals surface area contributed by atoms with E-state index >= 15 is 0 Å². The number of rotatable bonds is 6. The third-order valence-corrected chi connectivity index (χ3v) is 4.30. The smallest absolute Gasteiger partial charge is 0.222 e. The highest BCUT2D eigenvalue weighted by Gasteiger charge is 2.26. The van der Waals surface area contributed by atoms with E-state index in [1.807, 2.05) is 17.9 Å². The molecule has 120 valence electrons. The maximum atomic E-state index is 11.9. The fraction of sp³-hybridized carbons (Fsp3) is 0.500. The molecule has 0 aromatic heterocycles. The first-order valence-electron chi connectivity index (χ1n) is 7.51. The van der Waals surface area contributed by atoms with E-state index < -0.39 is 0 Å². The Labute approximate surface area is 141 Å². The number of benzene rings is 1. The fourth-order valence-electron chi connectivity index (χ4n) is 2.43. The van der Waals surface area contributed by atoms with E-state index in [4.69, 9.17) is 28.0 Å². The normalized spacial score (nSPS) is 17.1. The molecule has 1 atom stereocenters. The van der Waals surface area contributed by atoms with Gasteiger partial charge in [0.1, 0.15) is 0 Å². The van der Waals surface area contributed by atoms with Gasteiger partial charge >= 0.3 is 0 Å². The lowest BCUT2D eigenvalue weighted by Gasteiger charge is -2.23. The summed E-state index contributed by atoms with van der Waals surface area (Å²) in [4.78, 5) is 19.2. The summed E-state index contributed by atoms with van der Waals surface area (Å²) in [5.41, 5.74) is 1.74. The molecule has 4 nitrogen and oxygen atoms in total. The van der Waals surface area contributed by atoms with Crippen molar-refractivity contribution in [3.8, 4) is 0 Å². The summed E-state index contributed by atoms with van der Waals surface area (Å²) in [6, 6.07) is 5.41. The minimum atomic E-state index is -0.105. The van der Waals surface area contributed by atoms with Gasteiger partial charge in [-0.15, -0.1) is 0 Å². The van der Waals surface area contributed by atoms with Crippen LogP contribution in [-0.2, 0) is 9.63 Å². The van der Waals surface area contributed by atoms with E-state index in [0.717, 1.165) is 24.2 Å². The molecular weight excluding hydrogens is 323 g/mol. The van der Waals surface area contributed by atoms with Crippen molar-refractivity contribution in [3.05, 3.63) is 33.8 Å². The van der Waals surface area contributed by atoms with E-state index in [2.05, 4.69) is 12.1 Å². The monoisotopic (exact) mass is 342 g/mol. The summed E-state index contributed by atoms with van der Waals surface area (Å²) in [5, 5.41) is 5.15. The van der Waals surface area contributed by atoms with Crippen molar-refractivity contribution in [2.24, 2.45) is 5.16 Å². The highest BCUT2D eigenvalue weighted by atomic mass is 35.5. The zero-order chi connectivity index (χ0) is 16.1. The molecule has 0 fully saturated rings. The van der Waals surface area contributed by atoms with Crippen LogP contribution >= 0.6 is 23.2 Å². The summed E-state index contributed by atoms with van der Waals surface area (Å²) < 4.78 is 0. The Bertz CT molecular complexity index is 575. The molecule has 0 bridgehead atoms. The van der Waals surface area contributed by atoms with Gasteiger partial charge in [0.05, 0.1) is 22.3 Å². The van der Waals surface area contributed by atoms with Gasteiger partial charge in [0.15, 0.2) is 6.10 Å². The Morgan fingerprint density at radius 2 is 2.14 bits per heavy atom. The molecule has 6 heteroatoms. The molecule has 0 radical (unpaired) electrons. The van der Waals surface area contributed by atoms with Crippen LogP contribution in [0.2, 0.25) is 10.0 Å². The van der Waals surface area contributed by atoms with E-state index in [0.29, 0.717) is 29.4 Å². The number of hydrogen-bond acceptors (Lipinski definition) is 3. The standard InChI is InChI=1S/C16H20Cl2N2O2/c1-3-7-20(16(21)4-2)10-12-9-15(19-22-12)11-5-6-13(17)14(18)8-11/h5-6,8,12H,3-4,7,9-10H2,1-2H3. The lowest BCUT2D eigenvalue weighted by atomic mass is 10.0. The quantitative estimate of drug-likeness (QED) is 0.779. The average Bonchev–Trinajstić information content (AvgIpc) is 2.97. The fourth-order valence-corrected chi connectivity index (χ4v) is 2.73. The van der Waals surface area contributed by atoms with Crippen molar-refractivity contribution in [3.63, 3.8) is 0 Å². The Morgan fingerprint density at radius 1 is 1.36 bits per heavy atom. The number of nitrogens with zero attached hydrogens (tertiary/aromatic N) is 2. The van der Waals surface area contributed by atoms with Crippen molar-refractivity contribution in [1.29, 1.82) is 0 Å². The first kappa shape index (κ1) is 17.1. The van der Waals surface area contributed by atoms with Crippen LogP contribution in [0.3, 0.4) is 0 Å². The minimum Gasteiger partial charge on any atom is -0.390 e. The lowest BCUT2D eigenvalue weighted by Crippen LogP contribution is -2.37. The molecule has 1 aromatic rings. The van der Waals surface area contributed by atoms with Gasteiger partial charge in [0.2, 0.25) is 5.91 Å². The van der Waals surface area contributed by atoms with Crippen LogP contribution in [0, 0.1) is 0 Å². The second-order valence-corrected chi connectivity index (χ2v) is 6.11. The lowest BCUT2D eigenvalue weighted by molar-refractivity contribution is -0.132. The number of oxime groups is 1. The molecule has 22 heavy (non-hydrogen) atoms. The van der Waals surface area contributed by atoms with E-state index in [1.54, 1.807) is 12.1 Å². The van der Waals surface area contributed by atoms with Crippen molar-refractivity contribution in [1.82, 2.24) is 4.90 Å². The van der Waals surface area contributed by atoms with Gasteiger partial charge in [-0.05, 0) is 18.6 Å². The molecule has 1 aliphatic heterocycles. The third kappa shape index (κ3) is 4.14. The first-order valence-corrected chi connectivity index (χ1v) is 8.26. The molecule has 1 amide bonds. The van der Waals surface area contributed by atoms with Crippen LogP contribution in [0.15, 0.2) is 23.4 Å². The Hall–Kier alpha value is -1.26. The highest BCUT2D eigenvalue weighted by molar-refractivity contribution is 6.42. The molecule has 0 spiro atoms. The molecular formula is C16H20Cl2N2O2. The van der Waals surface area contributed by atoms with E-state index in [-0.39, 0.29) is 12.0 Å². The predicted molar refractivity (Wildman–Crippen MR) is 89.7 cm³/mol. The van der Waals surface area contributed by atoms with Crippen molar-refractivity contribution < 1.29 is 9.63 Å². The average molecular weight is 343 g/mol. The summed E-state index contributed by atoms with van der Waals surface area (Å²) in [6.07, 6.45) is 1.99. The van der Waals surface area contributed by atoms with Crippen LogP contribution in [-0.4, -0.2) is 35.7 Å². The van der Waals surface area contributed by atoms with Gasteiger partial charge in [0, 0.05) is 24.9 Å². The third-order valence-electron chi connectivity index (χ3n) is 3.56. The van der Waals surface area contributed by atoms with E-state index in [9.17, 15) is 4.79 Å². The van der Waals surface area contributed by atoms with Crippen LogP contribution in [0.4, 0.5) is 0 Å². The second-order valence-electron chi connectivity index (χ2n) is 5.29.